The predicted molar refractivity (Wildman–Crippen MR) is 65.5 cm³/mol. The van der Waals surface area contributed by atoms with Gasteiger partial charge in [0.1, 0.15) is 0 Å². The van der Waals surface area contributed by atoms with Gasteiger partial charge in [-0.05, 0) is 24.3 Å². The van der Waals surface area contributed by atoms with Gasteiger partial charge in [0.2, 0.25) is 10.4 Å². The number of hydrogen-bond donors (Lipinski definition) is 1. The molecule has 0 amide bonds. The van der Waals surface area contributed by atoms with Crippen LogP contribution in [0.4, 0.5) is 0 Å². The molecule has 0 radical (unpaired) electrons. The van der Waals surface area contributed by atoms with Gasteiger partial charge in [0.05, 0.1) is 11.4 Å². The van der Waals surface area contributed by atoms with Crippen LogP contribution in [0.1, 0.15) is 0 Å². The Kier molecular flexibility index (Phi) is 7.82. The fourth-order valence-corrected chi connectivity index (χ4v) is 1.03. The van der Waals surface area contributed by atoms with Gasteiger partial charge in [-0.1, -0.05) is 12.1 Å². The fraction of sp³-hybridized carbons (Fsp3) is 0. The third kappa shape index (κ3) is 8.22. The van der Waals surface area contributed by atoms with Crippen molar-refractivity contribution in [3.05, 3.63) is 48.8 Å². The molecule has 0 saturated heterocycles. The van der Waals surface area contributed by atoms with Crippen LogP contribution in [-0.4, -0.2) is 54.8 Å². The van der Waals surface area contributed by atoms with Crippen molar-refractivity contribution in [1.82, 2.24) is 9.97 Å². The molecule has 92 valence electrons. The van der Waals surface area contributed by atoms with E-state index in [0.717, 1.165) is 11.4 Å². The van der Waals surface area contributed by atoms with Crippen molar-refractivity contribution in [2.24, 2.45) is 0 Å². The summed E-state index contributed by atoms with van der Waals surface area (Å²) in [5.74, 6) is 0. The smallest absolute Gasteiger partial charge is 0.726 e. The average Bonchev–Trinajstić information content (AvgIpc) is 2.29. The second kappa shape index (κ2) is 8.24. The van der Waals surface area contributed by atoms with Gasteiger partial charge < -0.3 is 4.55 Å². The summed E-state index contributed by atoms with van der Waals surface area (Å²) >= 11 is 0. The van der Waals surface area contributed by atoms with Crippen LogP contribution in [0.2, 0.25) is 0 Å². The Morgan fingerprint density at radius 1 is 0.944 bits per heavy atom. The average molecular weight is 458 g/mol. The van der Waals surface area contributed by atoms with Gasteiger partial charge in [-0.2, -0.15) is 0 Å². The summed E-state index contributed by atoms with van der Waals surface area (Å²) in [6.45, 7) is 0. The van der Waals surface area contributed by atoms with E-state index in [1.807, 2.05) is 36.4 Å². The van der Waals surface area contributed by atoms with Crippen molar-refractivity contribution in [2.45, 2.75) is 0 Å². The van der Waals surface area contributed by atoms with Gasteiger partial charge in [0.15, 0.2) is 0 Å². The molecule has 0 unspecified atom stereocenters. The Bertz CT molecular complexity index is 503. The molecular formula is C10H9N2O4STl. The Labute approximate surface area is 125 Å². The minimum absolute atomic E-state index is 0. The molecule has 6 nitrogen and oxygen atoms in total. The van der Waals surface area contributed by atoms with E-state index in [0.29, 0.717) is 0 Å². The molecule has 2 rings (SSSR count). The van der Waals surface area contributed by atoms with Crippen molar-refractivity contribution >= 4 is 37.7 Å². The third-order valence-corrected chi connectivity index (χ3v) is 1.59. The third-order valence-electron chi connectivity index (χ3n) is 1.59. The van der Waals surface area contributed by atoms with E-state index in [1.54, 1.807) is 12.4 Å². The number of nitrogens with zero attached hydrogens (tertiary/aromatic N) is 2. The molecule has 0 fully saturated rings. The van der Waals surface area contributed by atoms with Crippen molar-refractivity contribution in [1.29, 1.82) is 0 Å². The Morgan fingerprint density at radius 2 is 1.28 bits per heavy atom. The number of rotatable bonds is 1. The zero-order valence-electron chi connectivity index (χ0n) is 9.17. The van der Waals surface area contributed by atoms with E-state index < -0.39 is 10.4 Å². The van der Waals surface area contributed by atoms with Crippen LogP contribution in [0, 0.1) is 0 Å². The normalized spacial score (nSPS) is 9.67. The van der Waals surface area contributed by atoms with Gasteiger partial charge in [0.25, 0.3) is 0 Å². The van der Waals surface area contributed by atoms with Crippen LogP contribution >= 0.6 is 0 Å². The van der Waals surface area contributed by atoms with E-state index >= 15 is 0 Å². The van der Waals surface area contributed by atoms with Crippen molar-refractivity contribution in [2.75, 3.05) is 0 Å². The fourth-order valence-electron chi connectivity index (χ4n) is 1.03. The minimum atomic E-state index is -4.92. The molecular weight excluding hydrogens is 449 g/mol. The molecule has 0 aliphatic rings. The maximum absolute atomic E-state index is 8.63. The second-order valence-electron chi connectivity index (χ2n) is 2.86. The van der Waals surface area contributed by atoms with E-state index in [1.165, 1.54) is 0 Å². The second-order valence-corrected chi connectivity index (χ2v) is 3.71. The molecule has 2 aromatic heterocycles. The molecule has 0 aliphatic carbocycles. The van der Waals surface area contributed by atoms with Gasteiger partial charge in [-0.25, -0.2) is 8.42 Å². The summed E-state index contributed by atoms with van der Waals surface area (Å²) in [5.41, 5.74) is 1.83. The molecule has 0 aliphatic heterocycles. The Balaban J connectivity index is 0.000000421. The first-order valence-electron chi connectivity index (χ1n) is 4.47. The molecule has 18 heavy (non-hydrogen) atoms. The van der Waals surface area contributed by atoms with Crippen molar-refractivity contribution in [3.63, 3.8) is 0 Å². The number of hydrogen-bond acceptors (Lipinski definition) is 5. The van der Waals surface area contributed by atoms with E-state index in [9.17, 15) is 0 Å². The summed E-state index contributed by atoms with van der Waals surface area (Å²) < 4.78 is 32.8. The van der Waals surface area contributed by atoms with Crippen LogP contribution in [0.15, 0.2) is 48.8 Å². The quantitative estimate of drug-likeness (QED) is 0.385. The summed E-state index contributed by atoms with van der Waals surface area (Å²) in [4.78, 5) is 8.37. The molecule has 0 bridgehead atoms. The predicted octanol–water partition coefficient (Wildman–Crippen LogP) is 0.767. The molecule has 2 heterocycles. The molecule has 2 aromatic rings. The van der Waals surface area contributed by atoms with Crippen LogP contribution in [0.3, 0.4) is 0 Å². The van der Waals surface area contributed by atoms with Crippen molar-refractivity contribution < 1.29 is 17.5 Å². The van der Waals surface area contributed by atoms with Crippen LogP contribution in [0.25, 0.3) is 11.4 Å². The summed E-state index contributed by atoms with van der Waals surface area (Å²) in [7, 11) is -4.92. The summed E-state index contributed by atoms with van der Waals surface area (Å²) in [6.07, 6.45) is 3.54. The summed E-state index contributed by atoms with van der Waals surface area (Å²) in [6, 6.07) is 11.6. The molecule has 0 atom stereocenters. The van der Waals surface area contributed by atoms with E-state index in [2.05, 4.69) is 9.97 Å². The zero-order chi connectivity index (χ0) is 12.7. The number of pyridine rings is 2. The SMILES string of the molecule is O=S(=O)([O-])O.[Tl+].c1ccc(-c2ccccn2)nc1. The Morgan fingerprint density at radius 3 is 1.50 bits per heavy atom. The molecule has 0 spiro atoms. The monoisotopic (exact) mass is 458 g/mol. The van der Waals surface area contributed by atoms with Crippen LogP contribution in [0.5, 0.6) is 0 Å². The topological polar surface area (TPSA) is 103 Å². The van der Waals surface area contributed by atoms with Crippen LogP contribution in [-0.2, 0) is 10.4 Å². The first-order chi connectivity index (χ1) is 7.97. The van der Waals surface area contributed by atoms with Gasteiger partial charge >= 0.3 is 27.3 Å². The first-order valence-corrected chi connectivity index (χ1v) is 5.84. The maximum atomic E-state index is 8.63. The standard InChI is InChI=1S/C10H8N2.H2O4S.Tl/c1-3-7-11-9(5-1)10-6-2-4-8-12-10;1-5(2,3)4;/h1-8H;(H2,1,2,3,4);/q;;+1/p-1. The summed E-state index contributed by atoms with van der Waals surface area (Å²) in [5, 5.41) is 0. The van der Waals surface area contributed by atoms with Gasteiger partial charge in [0, 0.05) is 12.4 Å². The molecule has 0 saturated carbocycles. The van der Waals surface area contributed by atoms with Gasteiger partial charge in [-0.15, -0.1) is 0 Å². The first kappa shape index (κ1) is 17.1. The van der Waals surface area contributed by atoms with Crippen LogP contribution < -0.4 is 0 Å². The zero-order valence-corrected chi connectivity index (χ0v) is 14.5. The Hall–Kier alpha value is -0.908. The molecule has 0 aromatic carbocycles. The largest absolute Gasteiger partial charge is 1.00 e. The van der Waals surface area contributed by atoms with Crippen molar-refractivity contribution in [3.8, 4) is 11.4 Å². The molecule has 8 heteroatoms. The van der Waals surface area contributed by atoms with E-state index in [4.69, 9.17) is 17.5 Å². The maximum Gasteiger partial charge on any atom is 1.00 e. The van der Waals surface area contributed by atoms with E-state index in [-0.39, 0.29) is 27.3 Å². The minimum Gasteiger partial charge on any atom is -0.726 e. The number of aromatic nitrogens is 2. The van der Waals surface area contributed by atoms with Gasteiger partial charge in [-0.3, -0.25) is 14.5 Å². The molecule has 1 N–H and O–H groups in total.